The lowest BCUT2D eigenvalue weighted by molar-refractivity contribution is 0.501. The van der Waals surface area contributed by atoms with Crippen molar-refractivity contribution in [3.8, 4) is 0 Å². The largest absolute Gasteiger partial charge is 0.371 e. The van der Waals surface area contributed by atoms with Crippen LogP contribution in [0.3, 0.4) is 0 Å². The molecule has 2 N–H and O–H groups in total. The number of hydrogen-bond acceptors (Lipinski definition) is 2. The first-order valence-electron chi connectivity index (χ1n) is 7.14. The summed E-state index contributed by atoms with van der Waals surface area (Å²) < 4.78 is 14.1. The first-order chi connectivity index (χ1) is 8.88. The van der Waals surface area contributed by atoms with Crippen LogP contribution in [0.2, 0.25) is 0 Å². The van der Waals surface area contributed by atoms with Crippen LogP contribution in [0.15, 0.2) is 18.2 Å². The number of nitrogens with zero attached hydrogens (tertiary/aromatic N) is 1. The maximum absolute atomic E-state index is 14.1. The van der Waals surface area contributed by atoms with E-state index in [0.717, 1.165) is 17.7 Å². The van der Waals surface area contributed by atoms with Crippen molar-refractivity contribution in [1.82, 2.24) is 0 Å². The van der Waals surface area contributed by atoms with E-state index < -0.39 is 0 Å². The van der Waals surface area contributed by atoms with Gasteiger partial charge in [0, 0.05) is 30.4 Å². The molecule has 2 atom stereocenters. The molecule has 2 nitrogen and oxygen atoms in total. The lowest BCUT2D eigenvalue weighted by Gasteiger charge is -2.32. The second kappa shape index (κ2) is 6.90. The SMILES string of the molecule is CCC(N)Cc1c(F)cccc1N(C)C(C)C(C)C. The van der Waals surface area contributed by atoms with E-state index in [9.17, 15) is 4.39 Å². The summed E-state index contributed by atoms with van der Waals surface area (Å²) in [5.74, 6) is 0.366. The van der Waals surface area contributed by atoms with Gasteiger partial charge in [0.15, 0.2) is 0 Å². The highest BCUT2D eigenvalue weighted by molar-refractivity contribution is 5.54. The molecule has 0 aliphatic rings. The Kier molecular flexibility index (Phi) is 5.80. The minimum atomic E-state index is -0.149. The van der Waals surface area contributed by atoms with Crippen LogP contribution in [0.4, 0.5) is 10.1 Å². The van der Waals surface area contributed by atoms with Crippen molar-refractivity contribution in [2.75, 3.05) is 11.9 Å². The van der Waals surface area contributed by atoms with E-state index in [4.69, 9.17) is 5.73 Å². The molecule has 2 unspecified atom stereocenters. The predicted molar refractivity (Wildman–Crippen MR) is 81.1 cm³/mol. The Balaban J connectivity index is 3.09. The number of benzene rings is 1. The topological polar surface area (TPSA) is 29.3 Å². The molecule has 0 radical (unpaired) electrons. The Morgan fingerprint density at radius 2 is 1.89 bits per heavy atom. The van der Waals surface area contributed by atoms with Gasteiger partial charge < -0.3 is 10.6 Å². The van der Waals surface area contributed by atoms with Gasteiger partial charge in [-0.25, -0.2) is 4.39 Å². The molecule has 1 aromatic rings. The summed E-state index contributed by atoms with van der Waals surface area (Å²) in [6.07, 6.45) is 1.45. The van der Waals surface area contributed by atoms with Gasteiger partial charge in [-0.1, -0.05) is 26.8 Å². The molecule has 0 spiro atoms. The molecule has 0 saturated heterocycles. The minimum absolute atomic E-state index is 0.0124. The third kappa shape index (κ3) is 3.93. The Bertz CT molecular complexity index is 404. The Morgan fingerprint density at radius 3 is 2.42 bits per heavy atom. The highest BCUT2D eigenvalue weighted by Crippen LogP contribution is 2.27. The molecule has 3 heteroatoms. The van der Waals surface area contributed by atoms with Gasteiger partial charge in [0.05, 0.1) is 0 Å². The molecule has 0 amide bonds. The summed E-state index contributed by atoms with van der Waals surface area (Å²) in [4.78, 5) is 2.16. The van der Waals surface area contributed by atoms with Gasteiger partial charge in [-0.15, -0.1) is 0 Å². The molecule has 0 saturated carbocycles. The van der Waals surface area contributed by atoms with Crippen LogP contribution in [-0.2, 0) is 6.42 Å². The van der Waals surface area contributed by atoms with Crippen molar-refractivity contribution in [2.45, 2.75) is 52.6 Å². The number of hydrogen-bond donors (Lipinski definition) is 1. The molecule has 0 aromatic heterocycles. The monoisotopic (exact) mass is 266 g/mol. The summed E-state index contributed by atoms with van der Waals surface area (Å²) in [7, 11) is 2.03. The van der Waals surface area contributed by atoms with Crippen molar-refractivity contribution in [3.05, 3.63) is 29.6 Å². The van der Waals surface area contributed by atoms with Gasteiger partial charge in [-0.3, -0.25) is 0 Å². The predicted octanol–water partition coefficient (Wildman–Crippen LogP) is 3.59. The fraction of sp³-hybridized carbons (Fsp3) is 0.625. The normalized spacial score (nSPS) is 14.5. The van der Waals surface area contributed by atoms with Crippen LogP contribution in [0.1, 0.15) is 39.7 Å². The quantitative estimate of drug-likeness (QED) is 0.852. The molecule has 0 fully saturated rings. The Labute approximate surface area is 116 Å². The third-order valence-electron chi connectivity index (χ3n) is 4.04. The number of anilines is 1. The smallest absolute Gasteiger partial charge is 0.128 e. The van der Waals surface area contributed by atoms with Crippen LogP contribution in [-0.4, -0.2) is 19.1 Å². The lowest BCUT2D eigenvalue weighted by Crippen LogP contribution is -2.34. The molecule has 0 aliphatic carbocycles. The Morgan fingerprint density at radius 1 is 1.26 bits per heavy atom. The summed E-state index contributed by atoms with van der Waals surface area (Å²) >= 11 is 0. The van der Waals surface area contributed by atoms with Crippen molar-refractivity contribution >= 4 is 5.69 Å². The molecule has 108 valence electrons. The second-order valence-corrected chi connectivity index (χ2v) is 5.71. The standard InChI is InChI=1S/C16H27FN2/c1-6-13(18)10-14-15(17)8-7-9-16(14)19(5)12(4)11(2)3/h7-9,11-13H,6,10,18H2,1-5H3. The van der Waals surface area contributed by atoms with E-state index in [1.54, 1.807) is 6.07 Å². The minimum Gasteiger partial charge on any atom is -0.371 e. The van der Waals surface area contributed by atoms with Crippen LogP contribution in [0.25, 0.3) is 0 Å². The van der Waals surface area contributed by atoms with Crippen molar-refractivity contribution in [1.29, 1.82) is 0 Å². The van der Waals surface area contributed by atoms with E-state index in [2.05, 4.69) is 25.7 Å². The number of halogens is 1. The van der Waals surface area contributed by atoms with E-state index in [1.807, 2.05) is 20.0 Å². The van der Waals surface area contributed by atoms with E-state index >= 15 is 0 Å². The fourth-order valence-electron chi connectivity index (χ4n) is 2.15. The molecule has 0 bridgehead atoms. The number of nitrogens with two attached hydrogens (primary N) is 1. The molecule has 1 rings (SSSR count). The average molecular weight is 266 g/mol. The molecular weight excluding hydrogens is 239 g/mol. The zero-order valence-corrected chi connectivity index (χ0v) is 12.8. The van der Waals surface area contributed by atoms with Gasteiger partial charge in [0.2, 0.25) is 0 Å². The van der Waals surface area contributed by atoms with Crippen molar-refractivity contribution in [2.24, 2.45) is 11.7 Å². The average Bonchev–Trinajstić information content (AvgIpc) is 2.38. The van der Waals surface area contributed by atoms with Crippen LogP contribution in [0, 0.1) is 11.7 Å². The highest BCUT2D eigenvalue weighted by Gasteiger charge is 2.19. The highest BCUT2D eigenvalue weighted by atomic mass is 19.1. The first kappa shape index (κ1) is 16.0. The lowest BCUT2D eigenvalue weighted by atomic mass is 9.99. The maximum Gasteiger partial charge on any atom is 0.128 e. The second-order valence-electron chi connectivity index (χ2n) is 5.71. The maximum atomic E-state index is 14.1. The van der Waals surface area contributed by atoms with Gasteiger partial charge in [-0.05, 0) is 37.8 Å². The fourth-order valence-corrected chi connectivity index (χ4v) is 2.15. The molecule has 0 aliphatic heterocycles. The van der Waals surface area contributed by atoms with Crippen LogP contribution < -0.4 is 10.6 Å². The van der Waals surface area contributed by atoms with Gasteiger partial charge in [0.1, 0.15) is 5.82 Å². The summed E-state index contributed by atoms with van der Waals surface area (Å²) in [6, 6.07) is 5.65. The van der Waals surface area contributed by atoms with Crippen molar-refractivity contribution in [3.63, 3.8) is 0 Å². The van der Waals surface area contributed by atoms with Crippen molar-refractivity contribution < 1.29 is 4.39 Å². The summed E-state index contributed by atoms with van der Waals surface area (Å²) in [5, 5.41) is 0. The first-order valence-corrected chi connectivity index (χ1v) is 7.14. The van der Waals surface area contributed by atoms with E-state index in [1.165, 1.54) is 6.07 Å². The molecule has 1 aromatic carbocycles. The third-order valence-corrected chi connectivity index (χ3v) is 4.04. The van der Waals surface area contributed by atoms with Crippen LogP contribution in [0.5, 0.6) is 0 Å². The van der Waals surface area contributed by atoms with Gasteiger partial charge in [-0.2, -0.15) is 0 Å². The summed E-state index contributed by atoms with van der Waals surface area (Å²) in [5.41, 5.74) is 7.70. The zero-order chi connectivity index (χ0) is 14.6. The van der Waals surface area contributed by atoms with E-state index in [-0.39, 0.29) is 11.9 Å². The Hall–Kier alpha value is -1.09. The van der Waals surface area contributed by atoms with Crippen LogP contribution >= 0.6 is 0 Å². The number of rotatable bonds is 6. The van der Waals surface area contributed by atoms with Gasteiger partial charge >= 0.3 is 0 Å². The van der Waals surface area contributed by atoms with E-state index in [0.29, 0.717) is 18.4 Å². The molecular formula is C16H27FN2. The molecule has 19 heavy (non-hydrogen) atoms. The van der Waals surface area contributed by atoms with Gasteiger partial charge in [0.25, 0.3) is 0 Å². The summed E-state index contributed by atoms with van der Waals surface area (Å²) in [6.45, 7) is 8.56. The zero-order valence-electron chi connectivity index (χ0n) is 12.8. The molecule has 0 heterocycles.